The SMILES string of the molecule is O=c1c2nn(Cc3ccccc3F)cc2nnn1Cl. The van der Waals surface area contributed by atoms with Crippen molar-refractivity contribution in [3.63, 3.8) is 0 Å². The predicted molar refractivity (Wildman–Crippen MR) is 66.3 cm³/mol. The molecule has 3 rings (SSSR count). The zero-order chi connectivity index (χ0) is 13.4. The molecular weight excluding hydrogens is 273 g/mol. The number of rotatable bonds is 2. The fourth-order valence-electron chi connectivity index (χ4n) is 1.73. The zero-order valence-electron chi connectivity index (χ0n) is 9.49. The van der Waals surface area contributed by atoms with Crippen molar-refractivity contribution in [1.82, 2.24) is 24.3 Å². The Morgan fingerprint density at radius 3 is 2.89 bits per heavy atom. The highest BCUT2D eigenvalue weighted by Crippen LogP contribution is 2.10. The molecule has 0 bridgehead atoms. The number of halogens is 2. The topological polar surface area (TPSA) is 65.6 Å². The van der Waals surface area contributed by atoms with Gasteiger partial charge in [-0.05, 0) is 11.3 Å². The van der Waals surface area contributed by atoms with Gasteiger partial charge in [-0.25, -0.2) is 4.39 Å². The highest BCUT2D eigenvalue weighted by atomic mass is 35.5. The average Bonchev–Trinajstić information content (AvgIpc) is 2.80. The van der Waals surface area contributed by atoms with Crippen LogP contribution in [0.2, 0.25) is 0 Å². The monoisotopic (exact) mass is 279 g/mol. The highest BCUT2D eigenvalue weighted by molar-refractivity contribution is 6.14. The second-order valence-electron chi connectivity index (χ2n) is 3.91. The Morgan fingerprint density at radius 1 is 1.32 bits per heavy atom. The molecule has 0 aliphatic heterocycles. The van der Waals surface area contributed by atoms with Gasteiger partial charge in [0.15, 0.2) is 5.52 Å². The molecule has 0 N–H and O–H groups in total. The van der Waals surface area contributed by atoms with Crippen LogP contribution in [-0.2, 0) is 6.54 Å². The summed E-state index contributed by atoms with van der Waals surface area (Å²) in [6.07, 6.45) is 1.52. The van der Waals surface area contributed by atoms with Crippen molar-refractivity contribution in [2.45, 2.75) is 6.54 Å². The van der Waals surface area contributed by atoms with E-state index in [1.54, 1.807) is 18.2 Å². The first-order valence-electron chi connectivity index (χ1n) is 5.38. The summed E-state index contributed by atoms with van der Waals surface area (Å²) in [6, 6.07) is 6.35. The van der Waals surface area contributed by atoms with Crippen molar-refractivity contribution in [2.75, 3.05) is 0 Å². The third-order valence-corrected chi connectivity index (χ3v) is 2.85. The maximum Gasteiger partial charge on any atom is 0.313 e. The van der Waals surface area contributed by atoms with Crippen molar-refractivity contribution < 1.29 is 4.39 Å². The van der Waals surface area contributed by atoms with E-state index < -0.39 is 5.56 Å². The lowest BCUT2D eigenvalue weighted by Crippen LogP contribution is -2.17. The number of hydrogen-bond donors (Lipinski definition) is 0. The van der Waals surface area contributed by atoms with Crippen LogP contribution in [0, 0.1) is 5.82 Å². The van der Waals surface area contributed by atoms with Crippen LogP contribution >= 0.6 is 11.8 Å². The molecule has 0 saturated heterocycles. The highest BCUT2D eigenvalue weighted by Gasteiger charge is 2.10. The lowest BCUT2D eigenvalue weighted by atomic mass is 10.2. The van der Waals surface area contributed by atoms with E-state index in [9.17, 15) is 9.18 Å². The number of benzene rings is 1. The fourth-order valence-corrected chi connectivity index (χ4v) is 1.85. The minimum Gasteiger partial charge on any atom is -0.265 e. The van der Waals surface area contributed by atoms with Crippen molar-refractivity contribution in [1.29, 1.82) is 0 Å². The van der Waals surface area contributed by atoms with Gasteiger partial charge in [0, 0.05) is 17.3 Å². The predicted octanol–water partition coefficient (Wildman–Crippen LogP) is 1.18. The Bertz CT molecular complexity index is 812. The van der Waals surface area contributed by atoms with E-state index >= 15 is 0 Å². The third kappa shape index (κ3) is 2.08. The number of aromatic nitrogens is 5. The van der Waals surface area contributed by atoms with E-state index in [1.807, 2.05) is 0 Å². The summed E-state index contributed by atoms with van der Waals surface area (Å²) in [6.45, 7) is 0.199. The van der Waals surface area contributed by atoms with Gasteiger partial charge in [-0.3, -0.25) is 9.48 Å². The van der Waals surface area contributed by atoms with Crippen molar-refractivity contribution in [3.05, 3.63) is 52.2 Å². The van der Waals surface area contributed by atoms with Gasteiger partial charge in [-0.15, -0.1) is 9.30 Å². The smallest absolute Gasteiger partial charge is 0.265 e. The van der Waals surface area contributed by atoms with E-state index in [0.29, 0.717) is 15.3 Å². The van der Waals surface area contributed by atoms with E-state index in [-0.39, 0.29) is 17.9 Å². The van der Waals surface area contributed by atoms with E-state index in [1.165, 1.54) is 16.9 Å². The van der Waals surface area contributed by atoms with Gasteiger partial charge in [-0.2, -0.15) is 5.10 Å². The second kappa shape index (κ2) is 4.43. The summed E-state index contributed by atoms with van der Waals surface area (Å²) >= 11 is 5.50. The van der Waals surface area contributed by atoms with Gasteiger partial charge < -0.3 is 0 Å². The minimum atomic E-state index is -0.557. The lowest BCUT2D eigenvalue weighted by Gasteiger charge is -2.02. The summed E-state index contributed by atoms with van der Waals surface area (Å²) in [4.78, 5) is 11.6. The molecule has 0 fully saturated rings. The van der Waals surface area contributed by atoms with Crippen LogP contribution in [0.5, 0.6) is 0 Å². The van der Waals surface area contributed by atoms with Crippen LogP contribution in [0.15, 0.2) is 35.3 Å². The first-order valence-corrected chi connectivity index (χ1v) is 5.72. The van der Waals surface area contributed by atoms with Gasteiger partial charge >= 0.3 is 5.56 Å². The molecule has 0 radical (unpaired) electrons. The average molecular weight is 280 g/mol. The quantitative estimate of drug-likeness (QED) is 0.706. The molecule has 0 amide bonds. The molecule has 0 unspecified atom stereocenters. The fraction of sp³-hybridized carbons (Fsp3) is 0.0909. The molecule has 19 heavy (non-hydrogen) atoms. The van der Waals surface area contributed by atoms with Gasteiger partial charge in [-0.1, -0.05) is 18.2 Å². The standard InChI is InChI=1S/C11H7ClFN5O/c12-18-11(19)10-9(14-16-18)6-17(15-10)5-7-3-1-2-4-8(7)13/h1-4,6H,5H2. The Labute approximate surface area is 111 Å². The Kier molecular flexibility index (Phi) is 2.75. The number of fused-ring (bicyclic) bond motifs is 1. The van der Waals surface area contributed by atoms with Crippen LogP contribution in [0.4, 0.5) is 4.39 Å². The molecule has 0 aliphatic carbocycles. The third-order valence-electron chi connectivity index (χ3n) is 2.63. The first-order chi connectivity index (χ1) is 9.15. The molecule has 0 aliphatic rings. The Balaban J connectivity index is 2.05. The lowest BCUT2D eigenvalue weighted by molar-refractivity contribution is 0.586. The summed E-state index contributed by atoms with van der Waals surface area (Å²) in [5.41, 5.74) is 0.327. The molecule has 0 atom stereocenters. The van der Waals surface area contributed by atoms with Crippen LogP contribution < -0.4 is 5.56 Å². The molecule has 8 heteroatoms. The molecule has 2 aromatic heterocycles. The summed E-state index contributed by atoms with van der Waals surface area (Å²) in [5.74, 6) is -0.331. The van der Waals surface area contributed by atoms with Gasteiger partial charge in [0.05, 0.1) is 12.7 Å². The Morgan fingerprint density at radius 2 is 2.11 bits per heavy atom. The maximum absolute atomic E-state index is 13.5. The van der Waals surface area contributed by atoms with Crippen molar-refractivity contribution in [3.8, 4) is 0 Å². The molecule has 1 aromatic carbocycles. The van der Waals surface area contributed by atoms with Crippen LogP contribution in [0.3, 0.4) is 0 Å². The molecule has 0 saturated carbocycles. The first kappa shape index (κ1) is 11.8. The van der Waals surface area contributed by atoms with Gasteiger partial charge in [0.2, 0.25) is 0 Å². The molecular formula is C11H7ClFN5O. The molecule has 96 valence electrons. The summed E-state index contributed by atoms with van der Waals surface area (Å²) in [7, 11) is 0. The Hall–Kier alpha value is -2.28. The summed E-state index contributed by atoms with van der Waals surface area (Å²) < 4.78 is 15.5. The van der Waals surface area contributed by atoms with E-state index in [2.05, 4.69) is 15.4 Å². The van der Waals surface area contributed by atoms with Crippen LogP contribution in [-0.4, -0.2) is 24.3 Å². The van der Waals surface area contributed by atoms with E-state index in [4.69, 9.17) is 11.8 Å². The van der Waals surface area contributed by atoms with Gasteiger partial charge in [0.1, 0.15) is 11.3 Å². The second-order valence-corrected chi connectivity index (χ2v) is 4.23. The maximum atomic E-state index is 13.5. The normalized spacial score (nSPS) is 11.1. The number of nitrogens with zero attached hydrogens (tertiary/aromatic N) is 5. The number of hydrogen-bond acceptors (Lipinski definition) is 4. The molecule has 2 heterocycles. The summed E-state index contributed by atoms with van der Waals surface area (Å²) in [5, 5.41) is 11.2. The molecule has 3 aromatic rings. The molecule has 6 nitrogen and oxygen atoms in total. The van der Waals surface area contributed by atoms with Crippen LogP contribution in [0.1, 0.15) is 5.56 Å². The zero-order valence-corrected chi connectivity index (χ0v) is 10.3. The van der Waals surface area contributed by atoms with Crippen molar-refractivity contribution >= 4 is 22.8 Å². The van der Waals surface area contributed by atoms with Crippen molar-refractivity contribution in [2.24, 2.45) is 0 Å². The van der Waals surface area contributed by atoms with Gasteiger partial charge in [0.25, 0.3) is 0 Å². The van der Waals surface area contributed by atoms with Crippen LogP contribution in [0.25, 0.3) is 11.0 Å². The van der Waals surface area contributed by atoms with E-state index in [0.717, 1.165) is 0 Å². The minimum absolute atomic E-state index is 0.0985. The molecule has 0 spiro atoms. The largest absolute Gasteiger partial charge is 0.313 e.